The third kappa shape index (κ3) is 3.94. The molecule has 1 aromatic rings. The Kier molecular flexibility index (Phi) is 6.16. The lowest BCUT2D eigenvalue weighted by atomic mass is 9.76. The summed E-state index contributed by atoms with van der Waals surface area (Å²) in [5.41, 5.74) is 0.383. The van der Waals surface area contributed by atoms with Gasteiger partial charge in [0.25, 0.3) is 0 Å². The van der Waals surface area contributed by atoms with Crippen LogP contribution in [-0.2, 0) is 15.5 Å². The third-order valence-corrected chi connectivity index (χ3v) is 6.76. The number of halogens is 2. The molecular formula is C17H22F2O3S2. The van der Waals surface area contributed by atoms with E-state index in [4.69, 9.17) is 9.47 Å². The zero-order valence-electron chi connectivity index (χ0n) is 13.6. The molecule has 0 saturated carbocycles. The quantitative estimate of drug-likeness (QED) is 0.714. The molecule has 1 fully saturated rings. The van der Waals surface area contributed by atoms with E-state index < -0.39 is 16.6 Å². The van der Waals surface area contributed by atoms with E-state index in [1.54, 1.807) is 18.0 Å². The first-order chi connectivity index (χ1) is 11.6. The number of thioether (sulfide) groups is 1. The van der Waals surface area contributed by atoms with E-state index >= 15 is 0 Å². The molecule has 1 aromatic carbocycles. The van der Waals surface area contributed by atoms with Gasteiger partial charge in [-0.25, -0.2) is 8.78 Å². The summed E-state index contributed by atoms with van der Waals surface area (Å²) in [6.45, 7) is 0.928. The molecule has 134 valence electrons. The van der Waals surface area contributed by atoms with E-state index in [1.807, 2.05) is 0 Å². The summed E-state index contributed by atoms with van der Waals surface area (Å²) in [6.07, 6.45) is 3.25. The van der Waals surface area contributed by atoms with Crippen LogP contribution in [-0.4, -0.2) is 47.0 Å². The highest BCUT2D eigenvalue weighted by atomic mass is 32.2. The van der Waals surface area contributed by atoms with E-state index in [0.717, 1.165) is 24.0 Å². The molecule has 2 heterocycles. The molecule has 3 rings (SSSR count). The minimum absolute atomic E-state index is 0.000749. The molecule has 7 heteroatoms. The first-order valence-corrected chi connectivity index (χ1v) is 11.1. The molecule has 2 aliphatic rings. The van der Waals surface area contributed by atoms with E-state index in [9.17, 15) is 13.0 Å². The van der Waals surface area contributed by atoms with Crippen LogP contribution >= 0.6 is 11.8 Å². The largest absolute Gasteiger partial charge is 0.490 e. The average Bonchev–Trinajstić information content (AvgIpc) is 2.57. The predicted octanol–water partition coefficient (Wildman–Crippen LogP) is 3.35. The summed E-state index contributed by atoms with van der Waals surface area (Å²) >= 11 is 1.76. The Bertz CT molecular complexity index is 612. The smallest absolute Gasteiger partial charge is 0.165 e. The fourth-order valence-electron chi connectivity index (χ4n) is 3.52. The summed E-state index contributed by atoms with van der Waals surface area (Å²) in [7, 11) is -0.759. The van der Waals surface area contributed by atoms with Crippen molar-refractivity contribution in [2.45, 2.75) is 24.9 Å². The van der Waals surface area contributed by atoms with Gasteiger partial charge in [-0.2, -0.15) is 11.8 Å². The van der Waals surface area contributed by atoms with Gasteiger partial charge in [0, 0.05) is 52.6 Å². The number of fused-ring (bicyclic) bond motifs is 3. The van der Waals surface area contributed by atoms with Gasteiger partial charge in [-0.15, -0.1) is 0 Å². The highest BCUT2D eigenvalue weighted by Crippen LogP contribution is 2.46. The molecule has 2 aliphatic heterocycles. The van der Waals surface area contributed by atoms with Crippen molar-refractivity contribution in [1.29, 1.82) is 0 Å². The molecule has 0 bridgehead atoms. The van der Waals surface area contributed by atoms with Gasteiger partial charge >= 0.3 is 0 Å². The molecular weight excluding hydrogens is 354 g/mol. The van der Waals surface area contributed by atoms with Gasteiger partial charge in [-0.3, -0.25) is 4.21 Å². The van der Waals surface area contributed by atoms with Crippen LogP contribution in [0.3, 0.4) is 0 Å². The second-order valence-corrected chi connectivity index (χ2v) is 9.01. The molecule has 1 saturated heterocycles. The maximum atomic E-state index is 14.3. The van der Waals surface area contributed by atoms with Crippen molar-refractivity contribution in [2.75, 3.05) is 36.7 Å². The normalized spacial score (nSPS) is 27.0. The number of benzene rings is 1. The van der Waals surface area contributed by atoms with Crippen molar-refractivity contribution in [3.63, 3.8) is 0 Å². The predicted molar refractivity (Wildman–Crippen MR) is 93.3 cm³/mol. The van der Waals surface area contributed by atoms with E-state index in [2.05, 4.69) is 0 Å². The van der Waals surface area contributed by atoms with Crippen LogP contribution in [0.2, 0.25) is 0 Å². The number of hydrogen-bond acceptors (Lipinski definition) is 4. The molecule has 0 aliphatic carbocycles. The molecule has 4 atom stereocenters. The Hall–Kier alpha value is -0.660. The van der Waals surface area contributed by atoms with Crippen LogP contribution in [0, 0.1) is 17.6 Å². The lowest BCUT2D eigenvalue weighted by Gasteiger charge is -2.42. The number of rotatable bonds is 6. The molecule has 24 heavy (non-hydrogen) atoms. The van der Waals surface area contributed by atoms with Crippen molar-refractivity contribution in [3.8, 4) is 5.75 Å². The van der Waals surface area contributed by atoms with Crippen LogP contribution < -0.4 is 4.74 Å². The molecule has 0 amide bonds. The van der Waals surface area contributed by atoms with Gasteiger partial charge in [0.2, 0.25) is 0 Å². The molecule has 3 nitrogen and oxygen atoms in total. The zero-order chi connectivity index (χ0) is 17.1. The molecule has 0 N–H and O–H groups in total. The maximum Gasteiger partial charge on any atom is 0.165 e. The maximum absolute atomic E-state index is 14.3. The molecule has 3 unspecified atom stereocenters. The SMILES string of the molecule is CS(=O)CCSCC[C@@H]1OCCC2c3c(F)ccc(F)c3OCC21. The summed E-state index contributed by atoms with van der Waals surface area (Å²) in [6, 6.07) is 2.31. The van der Waals surface area contributed by atoms with Crippen molar-refractivity contribution in [1.82, 2.24) is 0 Å². The summed E-state index contributed by atoms with van der Waals surface area (Å²) in [5.74, 6) is 1.68. The lowest BCUT2D eigenvalue weighted by Crippen LogP contribution is -2.42. The van der Waals surface area contributed by atoms with Gasteiger partial charge in [-0.1, -0.05) is 0 Å². The minimum Gasteiger partial charge on any atom is -0.490 e. The van der Waals surface area contributed by atoms with Crippen molar-refractivity contribution < 1.29 is 22.5 Å². The van der Waals surface area contributed by atoms with Crippen molar-refractivity contribution in [3.05, 3.63) is 29.3 Å². The van der Waals surface area contributed by atoms with E-state index in [-0.39, 0.29) is 29.5 Å². The molecule has 0 radical (unpaired) electrons. The Morgan fingerprint density at radius 2 is 2.08 bits per heavy atom. The Morgan fingerprint density at radius 3 is 2.88 bits per heavy atom. The van der Waals surface area contributed by atoms with Crippen LogP contribution in [0.1, 0.15) is 24.3 Å². The van der Waals surface area contributed by atoms with Crippen LogP contribution in [0.15, 0.2) is 12.1 Å². The minimum atomic E-state index is -0.759. The second kappa shape index (κ2) is 8.15. The van der Waals surface area contributed by atoms with E-state index in [0.29, 0.717) is 31.0 Å². The molecule has 0 spiro atoms. The highest BCUT2D eigenvalue weighted by Gasteiger charge is 2.41. The highest BCUT2D eigenvalue weighted by molar-refractivity contribution is 8.00. The Morgan fingerprint density at radius 1 is 1.29 bits per heavy atom. The molecule has 0 aromatic heterocycles. The fraction of sp³-hybridized carbons (Fsp3) is 0.647. The van der Waals surface area contributed by atoms with Crippen LogP contribution in [0.25, 0.3) is 0 Å². The summed E-state index contributed by atoms with van der Waals surface area (Å²) in [5, 5.41) is 0. The van der Waals surface area contributed by atoms with Gasteiger partial charge in [0.15, 0.2) is 11.6 Å². The van der Waals surface area contributed by atoms with Crippen molar-refractivity contribution in [2.24, 2.45) is 5.92 Å². The Labute approximate surface area is 147 Å². The average molecular weight is 376 g/mol. The van der Waals surface area contributed by atoms with Crippen LogP contribution in [0.5, 0.6) is 5.75 Å². The summed E-state index contributed by atoms with van der Waals surface area (Å²) in [4.78, 5) is 0. The zero-order valence-corrected chi connectivity index (χ0v) is 15.3. The monoisotopic (exact) mass is 376 g/mol. The lowest BCUT2D eigenvalue weighted by molar-refractivity contribution is -0.0612. The topological polar surface area (TPSA) is 35.5 Å². The van der Waals surface area contributed by atoms with Gasteiger partial charge in [0.1, 0.15) is 5.82 Å². The van der Waals surface area contributed by atoms with Crippen molar-refractivity contribution >= 4 is 22.6 Å². The third-order valence-electron chi connectivity index (χ3n) is 4.70. The Balaban J connectivity index is 1.64. The standard InChI is InChI=1S/C17H22F2O3S2/c1-24(20)9-8-23-7-5-15-12-10-22-17-14(19)3-2-13(18)16(17)11(12)4-6-21-15/h2-3,11-12,15H,4-10H2,1H3/t11?,12?,15-,24?/m0/s1. The second-order valence-electron chi connectivity index (χ2n) is 6.23. The van der Waals surface area contributed by atoms with Gasteiger partial charge in [0.05, 0.1) is 12.7 Å². The first-order valence-electron chi connectivity index (χ1n) is 8.18. The number of hydrogen-bond donors (Lipinski definition) is 0. The fourth-order valence-corrected chi connectivity index (χ4v) is 5.53. The van der Waals surface area contributed by atoms with Gasteiger partial charge in [-0.05, 0) is 30.7 Å². The number of ether oxygens (including phenoxy) is 2. The van der Waals surface area contributed by atoms with E-state index in [1.165, 1.54) is 6.07 Å². The van der Waals surface area contributed by atoms with Crippen LogP contribution in [0.4, 0.5) is 8.78 Å². The van der Waals surface area contributed by atoms with Gasteiger partial charge < -0.3 is 9.47 Å². The first kappa shape index (κ1) is 18.1. The summed E-state index contributed by atoms with van der Waals surface area (Å²) < 4.78 is 50.7.